The van der Waals surface area contributed by atoms with Crippen molar-refractivity contribution >= 4 is 5.97 Å². The number of hydrogen-bond donors (Lipinski definition) is 2. The minimum absolute atomic E-state index is 0.232. The van der Waals surface area contributed by atoms with Crippen LogP contribution in [0.25, 0.3) is 0 Å². The molecule has 1 aromatic heterocycles. The minimum atomic E-state index is -0.717. The predicted molar refractivity (Wildman–Crippen MR) is 72.8 cm³/mol. The molecule has 0 radical (unpaired) electrons. The lowest BCUT2D eigenvalue weighted by molar-refractivity contribution is -0.137. The Morgan fingerprint density at radius 2 is 2.47 bits per heavy atom. The first kappa shape index (κ1) is 14.0. The Morgan fingerprint density at radius 3 is 3.21 bits per heavy atom. The van der Waals surface area contributed by atoms with Crippen LogP contribution >= 0.6 is 0 Å². The third-order valence-electron chi connectivity index (χ3n) is 3.50. The van der Waals surface area contributed by atoms with Gasteiger partial charge < -0.3 is 10.4 Å². The van der Waals surface area contributed by atoms with Crippen molar-refractivity contribution in [3.63, 3.8) is 0 Å². The van der Waals surface area contributed by atoms with Crippen LogP contribution < -0.4 is 5.32 Å². The van der Waals surface area contributed by atoms with E-state index in [0.717, 1.165) is 32.6 Å². The molecule has 2 N–H and O–H groups in total. The van der Waals surface area contributed by atoms with Gasteiger partial charge in [-0.15, -0.1) is 0 Å². The highest BCUT2D eigenvalue weighted by molar-refractivity contribution is 5.66. The van der Waals surface area contributed by atoms with Crippen LogP contribution in [-0.4, -0.2) is 46.6 Å². The van der Waals surface area contributed by atoms with Gasteiger partial charge in [-0.3, -0.25) is 14.7 Å². The number of carbonyl (C=O) groups is 1. The van der Waals surface area contributed by atoms with Crippen molar-refractivity contribution < 1.29 is 9.90 Å². The lowest BCUT2D eigenvalue weighted by Crippen LogP contribution is -2.39. The first-order chi connectivity index (χ1) is 9.25. The Labute approximate surface area is 113 Å². The Hall–Kier alpha value is -1.46. The zero-order valence-electron chi connectivity index (χ0n) is 11.1. The van der Waals surface area contributed by atoms with Gasteiger partial charge in [0, 0.05) is 44.5 Å². The number of hydrogen-bond acceptors (Lipinski definition) is 4. The van der Waals surface area contributed by atoms with Gasteiger partial charge in [0.25, 0.3) is 0 Å². The average Bonchev–Trinajstić information content (AvgIpc) is 2.63. The molecule has 2 rings (SSSR count). The van der Waals surface area contributed by atoms with Gasteiger partial charge in [-0.1, -0.05) is 6.07 Å². The molecule has 0 aromatic carbocycles. The number of carboxylic acid groups (broad SMARTS) is 1. The van der Waals surface area contributed by atoms with Gasteiger partial charge in [-0.25, -0.2) is 0 Å². The third kappa shape index (κ3) is 4.61. The first-order valence-electron chi connectivity index (χ1n) is 6.81. The summed E-state index contributed by atoms with van der Waals surface area (Å²) in [5.41, 5.74) is 1.18. The Balaban J connectivity index is 1.98. The normalized spacial score (nSPS) is 20.9. The number of aliphatic carboxylic acids is 1. The molecular formula is C14H21N3O2. The molecule has 2 heterocycles. The van der Waals surface area contributed by atoms with Crippen molar-refractivity contribution in [3.8, 4) is 0 Å². The fraction of sp³-hybridized carbons (Fsp3) is 0.571. The van der Waals surface area contributed by atoms with Crippen LogP contribution in [0.2, 0.25) is 0 Å². The van der Waals surface area contributed by atoms with Gasteiger partial charge in [0.15, 0.2) is 0 Å². The predicted octanol–water partition coefficient (Wildman–Crippen LogP) is 1.11. The molecule has 19 heavy (non-hydrogen) atoms. The Kier molecular flexibility index (Phi) is 5.30. The third-order valence-corrected chi connectivity index (χ3v) is 3.50. The summed E-state index contributed by atoms with van der Waals surface area (Å²) in [6.45, 7) is 3.73. The van der Waals surface area contributed by atoms with Gasteiger partial charge in [-0.2, -0.15) is 0 Å². The van der Waals surface area contributed by atoms with E-state index in [4.69, 9.17) is 5.11 Å². The number of nitrogens with one attached hydrogen (secondary N) is 1. The highest BCUT2D eigenvalue weighted by Gasteiger charge is 2.21. The molecule has 1 aliphatic rings. The summed E-state index contributed by atoms with van der Waals surface area (Å²) in [5.74, 6) is -0.717. The molecule has 0 spiro atoms. The maximum Gasteiger partial charge on any atom is 0.303 e. The fourth-order valence-corrected chi connectivity index (χ4v) is 2.50. The van der Waals surface area contributed by atoms with Crippen LogP contribution in [0.3, 0.4) is 0 Å². The van der Waals surface area contributed by atoms with Crippen molar-refractivity contribution in [3.05, 3.63) is 30.1 Å². The van der Waals surface area contributed by atoms with Gasteiger partial charge in [-0.05, 0) is 31.0 Å². The minimum Gasteiger partial charge on any atom is -0.481 e. The van der Waals surface area contributed by atoms with E-state index >= 15 is 0 Å². The SMILES string of the molecule is O=C(O)CCC1CNCCCN1Cc1cccnc1. The van der Waals surface area contributed by atoms with Crippen molar-refractivity contribution in [1.29, 1.82) is 0 Å². The van der Waals surface area contributed by atoms with Crippen LogP contribution in [0, 0.1) is 0 Å². The quantitative estimate of drug-likeness (QED) is 0.833. The molecule has 1 aromatic rings. The van der Waals surface area contributed by atoms with Crippen LogP contribution in [0.1, 0.15) is 24.8 Å². The van der Waals surface area contributed by atoms with E-state index in [-0.39, 0.29) is 6.42 Å². The first-order valence-corrected chi connectivity index (χ1v) is 6.81. The molecular weight excluding hydrogens is 242 g/mol. The molecule has 1 atom stereocenters. The second kappa shape index (κ2) is 7.21. The van der Waals surface area contributed by atoms with Crippen LogP contribution in [0.5, 0.6) is 0 Å². The molecule has 0 saturated carbocycles. The van der Waals surface area contributed by atoms with E-state index in [2.05, 4.69) is 21.3 Å². The number of carboxylic acids is 1. The summed E-state index contributed by atoms with van der Waals surface area (Å²) in [5, 5.41) is 12.2. The summed E-state index contributed by atoms with van der Waals surface area (Å²) < 4.78 is 0. The molecule has 0 amide bonds. The molecule has 1 fully saturated rings. The van der Waals surface area contributed by atoms with Crippen molar-refractivity contribution in [2.75, 3.05) is 19.6 Å². The molecule has 1 unspecified atom stereocenters. The van der Waals surface area contributed by atoms with Crippen molar-refractivity contribution in [1.82, 2.24) is 15.2 Å². The molecule has 104 valence electrons. The van der Waals surface area contributed by atoms with Gasteiger partial charge >= 0.3 is 5.97 Å². The number of nitrogens with zero attached hydrogens (tertiary/aromatic N) is 2. The molecule has 0 bridgehead atoms. The largest absolute Gasteiger partial charge is 0.481 e. The second-order valence-corrected chi connectivity index (χ2v) is 4.98. The highest BCUT2D eigenvalue weighted by atomic mass is 16.4. The molecule has 1 aliphatic heterocycles. The van der Waals surface area contributed by atoms with E-state index in [1.807, 2.05) is 12.3 Å². The van der Waals surface area contributed by atoms with Gasteiger partial charge in [0.2, 0.25) is 0 Å². The summed E-state index contributed by atoms with van der Waals surface area (Å²) in [7, 11) is 0. The average molecular weight is 263 g/mol. The Bertz CT molecular complexity index is 397. The monoisotopic (exact) mass is 263 g/mol. The van der Waals surface area contributed by atoms with E-state index in [1.165, 1.54) is 5.56 Å². The number of aromatic nitrogens is 1. The standard InChI is InChI=1S/C14H21N3O2/c18-14(19)5-4-13-10-16-7-2-8-17(13)11-12-3-1-6-15-9-12/h1,3,6,9,13,16H,2,4-5,7-8,10-11H2,(H,18,19). The van der Waals surface area contributed by atoms with E-state index in [9.17, 15) is 4.79 Å². The molecule has 5 heteroatoms. The van der Waals surface area contributed by atoms with E-state index < -0.39 is 5.97 Å². The Morgan fingerprint density at radius 1 is 1.58 bits per heavy atom. The topological polar surface area (TPSA) is 65.5 Å². The van der Waals surface area contributed by atoms with Crippen molar-refractivity contribution in [2.24, 2.45) is 0 Å². The van der Waals surface area contributed by atoms with Gasteiger partial charge in [0.1, 0.15) is 0 Å². The smallest absolute Gasteiger partial charge is 0.303 e. The number of rotatable bonds is 5. The number of pyridine rings is 1. The molecule has 1 saturated heterocycles. The maximum absolute atomic E-state index is 10.7. The summed E-state index contributed by atoms with van der Waals surface area (Å²) >= 11 is 0. The van der Waals surface area contributed by atoms with Crippen LogP contribution in [0.15, 0.2) is 24.5 Å². The van der Waals surface area contributed by atoms with Crippen molar-refractivity contribution in [2.45, 2.75) is 31.8 Å². The fourth-order valence-electron chi connectivity index (χ4n) is 2.50. The van der Waals surface area contributed by atoms with Crippen LogP contribution in [0.4, 0.5) is 0 Å². The summed E-state index contributed by atoms with van der Waals surface area (Å²) in [6, 6.07) is 4.30. The molecule has 5 nitrogen and oxygen atoms in total. The lowest BCUT2D eigenvalue weighted by atomic mass is 10.1. The second-order valence-electron chi connectivity index (χ2n) is 4.98. The van der Waals surface area contributed by atoms with Gasteiger partial charge in [0.05, 0.1) is 0 Å². The molecule has 0 aliphatic carbocycles. The summed E-state index contributed by atoms with van der Waals surface area (Å²) in [4.78, 5) is 17.3. The van der Waals surface area contributed by atoms with Crippen LogP contribution in [-0.2, 0) is 11.3 Å². The zero-order valence-corrected chi connectivity index (χ0v) is 11.1. The van der Waals surface area contributed by atoms with E-state index in [1.54, 1.807) is 6.20 Å². The zero-order chi connectivity index (χ0) is 13.5. The summed E-state index contributed by atoms with van der Waals surface area (Å²) in [6.07, 6.45) is 5.68. The maximum atomic E-state index is 10.7. The highest BCUT2D eigenvalue weighted by Crippen LogP contribution is 2.14. The lowest BCUT2D eigenvalue weighted by Gasteiger charge is -2.29. The van der Waals surface area contributed by atoms with E-state index in [0.29, 0.717) is 12.5 Å².